The third-order valence-electron chi connectivity index (χ3n) is 4.26. The molecule has 0 heterocycles. The van der Waals surface area contributed by atoms with Crippen molar-refractivity contribution < 1.29 is 24.2 Å². The van der Waals surface area contributed by atoms with Crippen LogP contribution >= 0.6 is 15.9 Å². The summed E-state index contributed by atoms with van der Waals surface area (Å²) in [5.41, 5.74) is 1.55. The highest BCUT2D eigenvalue weighted by Gasteiger charge is 2.24. The van der Waals surface area contributed by atoms with Crippen molar-refractivity contribution in [2.24, 2.45) is 0 Å². The van der Waals surface area contributed by atoms with Gasteiger partial charge in [-0.15, -0.1) is 0 Å². The lowest BCUT2D eigenvalue weighted by atomic mass is 10.0. The van der Waals surface area contributed by atoms with Gasteiger partial charge < -0.3 is 20.5 Å². The van der Waals surface area contributed by atoms with Crippen LogP contribution in [0.15, 0.2) is 53.0 Å². The molecule has 166 valence electrons. The molecule has 0 radical (unpaired) electrons. The fraction of sp³-hybridized carbons (Fsp3) is 0.348. The number of aliphatic carboxylic acids is 1. The van der Waals surface area contributed by atoms with Crippen LogP contribution in [0.2, 0.25) is 0 Å². The van der Waals surface area contributed by atoms with E-state index in [1.54, 1.807) is 45.0 Å². The Hall–Kier alpha value is -2.87. The Morgan fingerprint density at radius 1 is 1.00 bits per heavy atom. The van der Waals surface area contributed by atoms with Crippen LogP contribution in [0.25, 0.3) is 0 Å². The molecule has 0 aromatic heterocycles. The minimum atomic E-state index is -1.17. The molecule has 1 unspecified atom stereocenters. The molecule has 2 amide bonds. The van der Waals surface area contributed by atoms with Crippen LogP contribution in [0, 0.1) is 0 Å². The molecular formula is C23H27BrN2O5. The maximum absolute atomic E-state index is 12.3. The van der Waals surface area contributed by atoms with Gasteiger partial charge in [-0.05, 0) is 62.6 Å². The van der Waals surface area contributed by atoms with E-state index in [4.69, 9.17) is 4.74 Å². The molecule has 2 aromatic carbocycles. The van der Waals surface area contributed by atoms with Gasteiger partial charge in [0, 0.05) is 23.0 Å². The van der Waals surface area contributed by atoms with Crippen LogP contribution < -0.4 is 10.6 Å². The molecule has 2 rings (SSSR count). The number of nitrogens with one attached hydrogen (secondary N) is 2. The number of carboxylic acids is 1. The number of hydrogen-bond donors (Lipinski definition) is 3. The van der Waals surface area contributed by atoms with E-state index < -0.39 is 23.7 Å². The Kier molecular flexibility index (Phi) is 8.62. The maximum Gasteiger partial charge on any atom is 0.408 e. The molecule has 7 nitrogen and oxygen atoms in total. The fourth-order valence-electron chi connectivity index (χ4n) is 2.75. The summed E-state index contributed by atoms with van der Waals surface area (Å²) < 4.78 is 6.12. The van der Waals surface area contributed by atoms with Crippen LogP contribution in [0.5, 0.6) is 0 Å². The van der Waals surface area contributed by atoms with Gasteiger partial charge in [0.25, 0.3) is 5.91 Å². The van der Waals surface area contributed by atoms with Crippen molar-refractivity contribution in [3.8, 4) is 0 Å². The highest BCUT2D eigenvalue weighted by molar-refractivity contribution is 9.10. The SMILES string of the molecule is CC(C)(C)OC(=O)NC(Cc1ccc(C(=O)NCCc2ccc(Br)cc2)cc1)C(=O)O. The summed E-state index contributed by atoms with van der Waals surface area (Å²) in [6.45, 7) is 5.60. The standard InChI is InChI=1S/C23H27BrN2O5/c1-23(2,3)31-22(30)26-19(21(28)29)14-16-4-8-17(9-5-16)20(27)25-13-12-15-6-10-18(24)11-7-15/h4-11,19H,12-14H2,1-3H3,(H,25,27)(H,26,30)(H,28,29). The van der Waals surface area contributed by atoms with Gasteiger partial charge in [0.15, 0.2) is 0 Å². The summed E-state index contributed by atoms with van der Waals surface area (Å²) in [7, 11) is 0. The highest BCUT2D eigenvalue weighted by atomic mass is 79.9. The highest BCUT2D eigenvalue weighted by Crippen LogP contribution is 2.12. The Morgan fingerprint density at radius 3 is 2.13 bits per heavy atom. The topological polar surface area (TPSA) is 105 Å². The van der Waals surface area contributed by atoms with Crippen LogP contribution in [0.1, 0.15) is 42.3 Å². The van der Waals surface area contributed by atoms with Gasteiger partial charge in [0.05, 0.1) is 0 Å². The molecule has 0 saturated carbocycles. The Morgan fingerprint density at radius 2 is 1.58 bits per heavy atom. The number of carboxylic acid groups (broad SMARTS) is 1. The van der Waals surface area contributed by atoms with E-state index in [0.29, 0.717) is 24.1 Å². The van der Waals surface area contributed by atoms with Gasteiger partial charge in [-0.1, -0.05) is 40.2 Å². The minimum Gasteiger partial charge on any atom is -0.480 e. The van der Waals surface area contributed by atoms with Gasteiger partial charge in [-0.25, -0.2) is 9.59 Å². The van der Waals surface area contributed by atoms with Crippen molar-refractivity contribution in [1.82, 2.24) is 10.6 Å². The van der Waals surface area contributed by atoms with E-state index in [-0.39, 0.29) is 12.3 Å². The fourth-order valence-corrected chi connectivity index (χ4v) is 3.02. The number of halogens is 1. The predicted molar refractivity (Wildman–Crippen MR) is 121 cm³/mol. The number of hydrogen-bond acceptors (Lipinski definition) is 4. The molecule has 0 aliphatic carbocycles. The summed E-state index contributed by atoms with van der Waals surface area (Å²) >= 11 is 3.39. The van der Waals surface area contributed by atoms with E-state index >= 15 is 0 Å². The van der Waals surface area contributed by atoms with Crippen LogP contribution in [-0.2, 0) is 22.4 Å². The monoisotopic (exact) mass is 490 g/mol. The zero-order chi connectivity index (χ0) is 23.0. The molecular weight excluding hydrogens is 464 g/mol. The van der Waals surface area contributed by atoms with Crippen molar-refractivity contribution in [3.63, 3.8) is 0 Å². The molecule has 0 saturated heterocycles. The number of carbonyl (C=O) groups excluding carboxylic acids is 2. The number of rotatable bonds is 8. The smallest absolute Gasteiger partial charge is 0.408 e. The lowest BCUT2D eigenvalue weighted by Gasteiger charge is -2.22. The van der Waals surface area contributed by atoms with Gasteiger partial charge in [-0.2, -0.15) is 0 Å². The van der Waals surface area contributed by atoms with Crippen LogP contribution in [0.4, 0.5) is 4.79 Å². The van der Waals surface area contributed by atoms with Crippen LogP contribution in [-0.4, -0.2) is 41.3 Å². The lowest BCUT2D eigenvalue weighted by Crippen LogP contribution is -2.44. The average molecular weight is 491 g/mol. The molecule has 0 spiro atoms. The molecule has 31 heavy (non-hydrogen) atoms. The Bertz CT molecular complexity index is 905. The largest absolute Gasteiger partial charge is 0.480 e. The zero-order valence-electron chi connectivity index (χ0n) is 17.8. The second-order valence-electron chi connectivity index (χ2n) is 8.07. The summed E-state index contributed by atoms with van der Waals surface area (Å²) in [5.74, 6) is -1.37. The first-order chi connectivity index (χ1) is 14.5. The summed E-state index contributed by atoms with van der Waals surface area (Å²) in [6, 6.07) is 13.4. The van der Waals surface area contributed by atoms with Gasteiger partial charge in [-0.3, -0.25) is 4.79 Å². The summed E-state index contributed by atoms with van der Waals surface area (Å²) in [5, 5.41) is 14.6. The van der Waals surface area contributed by atoms with E-state index in [9.17, 15) is 19.5 Å². The van der Waals surface area contributed by atoms with Crippen molar-refractivity contribution >= 4 is 33.9 Å². The molecule has 8 heteroatoms. The normalized spacial score (nSPS) is 12.0. The van der Waals surface area contributed by atoms with Crippen molar-refractivity contribution in [3.05, 3.63) is 69.7 Å². The number of ether oxygens (including phenoxy) is 1. The van der Waals surface area contributed by atoms with Crippen LogP contribution in [0.3, 0.4) is 0 Å². The first kappa shape index (κ1) is 24.4. The van der Waals surface area contributed by atoms with Gasteiger partial charge in [0.1, 0.15) is 11.6 Å². The van der Waals surface area contributed by atoms with Gasteiger partial charge in [0.2, 0.25) is 0 Å². The number of amides is 2. The second kappa shape index (κ2) is 10.9. The van der Waals surface area contributed by atoms with E-state index in [1.807, 2.05) is 24.3 Å². The van der Waals surface area contributed by atoms with E-state index in [1.165, 1.54) is 0 Å². The van der Waals surface area contributed by atoms with Gasteiger partial charge >= 0.3 is 12.1 Å². The molecule has 2 aromatic rings. The Labute approximate surface area is 190 Å². The first-order valence-corrected chi connectivity index (χ1v) is 10.7. The third-order valence-corrected chi connectivity index (χ3v) is 4.79. The molecule has 0 aliphatic rings. The van der Waals surface area contributed by atoms with Crippen molar-refractivity contribution in [2.75, 3.05) is 6.54 Å². The molecule has 3 N–H and O–H groups in total. The number of alkyl carbamates (subject to hydrolysis) is 1. The molecule has 0 fully saturated rings. The van der Waals surface area contributed by atoms with E-state index in [0.717, 1.165) is 10.0 Å². The van der Waals surface area contributed by atoms with Crippen molar-refractivity contribution in [1.29, 1.82) is 0 Å². The third kappa shape index (κ3) is 8.80. The van der Waals surface area contributed by atoms with E-state index in [2.05, 4.69) is 26.6 Å². The molecule has 0 bridgehead atoms. The van der Waals surface area contributed by atoms with Crippen molar-refractivity contribution in [2.45, 2.75) is 45.3 Å². The quantitative estimate of drug-likeness (QED) is 0.519. The average Bonchev–Trinajstić information content (AvgIpc) is 2.68. The summed E-state index contributed by atoms with van der Waals surface area (Å²) in [6.07, 6.45) is -0.00463. The summed E-state index contributed by atoms with van der Waals surface area (Å²) in [4.78, 5) is 35.7. The zero-order valence-corrected chi connectivity index (χ0v) is 19.4. The predicted octanol–water partition coefficient (Wildman–Crippen LogP) is 3.94. The lowest BCUT2D eigenvalue weighted by molar-refractivity contribution is -0.139. The first-order valence-electron chi connectivity index (χ1n) is 9.87. The Balaban J connectivity index is 1.88. The minimum absolute atomic E-state index is 0.0695. The maximum atomic E-state index is 12.3. The molecule has 0 aliphatic heterocycles. The number of benzene rings is 2. The number of carbonyl (C=O) groups is 3. The molecule has 1 atom stereocenters. The second-order valence-corrected chi connectivity index (χ2v) is 8.99.